The van der Waals surface area contributed by atoms with E-state index in [0.29, 0.717) is 5.71 Å². The number of carbonyl (C=O) groups is 1. The number of esters is 1. The van der Waals surface area contributed by atoms with Crippen LogP contribution in [0.4, 0.5) is 4.39 Å². The summed E-state index contributed by atoms with van der Waals surface area (Å²) in [7, 11) is 1.22. The highest BCUT2D eigenvalue weighted by Gasteiger charge is 2.27. The van der Waals surface area contributed by atoms with Crippen LogP contribution in [-0.4, -0.2) is 23.9 Å². The highest BCUT2D eigenvalue weighted by Crippen LogP contribution is 2.26. The van der Waals surface area contributed by atoms with Gasteiger partial charge in [0.2, 0.25) is 0 Å². The van der Waals surface area contributed by atoms with Gasteiger partial charge in [-0.1, -0.05) is 18.2 Å². The third kappa shape index (κ3) is 2.40. The van der Waals surface area contributed by atoms with Gasteiger partial charge in [0.05, 0.1) is 12.8 Å². The van der Waals surface area contributed by atoms with Crippen molar-refractivity contribution >= 4 is 17.8 Å². The lowest BCUT2D eigenvalue weighted by molar-refractivity contribution is -0.135. The molecule has 1 aromatic rings. The molecule has 98 valence electrons. The van der Waals surface area contributed by atoms with Crippen molar-refractivity contribution in [1.29, 1.82) is 0 Å². The SMILES string of the molecule is COC(=O)C1=C(O)/C(=C\c2ccccc2F)N=C1C. The maximum Gasteiger partial charge on any atom is 0.343 e. The molecule has 4 nitrogen and oxygen atoms in total. The first-order valence-electron chi connectivity index (χ1n) is 5.58. The van der Waals surface area contributed by atoms with E-state index in [4.69, 9.17) is 0 Å². The second-order valence-electron chi connectivity index (χ2n) is 3.96. The molecule has 1 heterocycles. The number of aliphatic hydroxyl groups excluding tert-OH is 1. The highest BCUT2D eigenvalue weighted by atomic mass is 19.1. The van der Waals surface area contributed by atoms with Crippen LogP contribution in [0.5, 0.6) is 0 Å². The van der Waals surface area contributed by atoms with E-state index in [1.54, 1.807) is 25.1 Å². The van der Waals surface area contributed by atoms with Gasteiger partial charge in [0, 0.05) is 5.56 Å². The summed E-state index contributed by atoms with van der Waals surface area (Å²) < 4.78 is 18.1. The van der Waals surface area contributed by atoms with Gasteiger partial charge in [0.15, 0.2) is 5.76 Å². The molecular weight excluding hydrogens is 249 g/mol. The summed E-state index contributed by atoms with van der Waals surface area (Å²) in [4.78, 5) is 15.5. The number of benzene rings is 1. The molecule has 0 radical (unpaired) electrons. The van der Waals surface area contributed by atoms with Gasteiger partial charge in [0.25, 0.3) is 0 Å². The van der Waals surface area contributed by atoms with E-state index in [-0.39, 0.29) is 22.6 Å². The first kappa shape index (κ1) is 13.0. The maximum atomic E-state index is 13.5. The predicted molar refractivity (Wildman–Crippen MR) is 69.2 cm³/mol. The zero-order valence-electron chi connectivity index (χ0n) is 10.5. The normalized spacial score (nSPS) is 16.8. The molecular formula is C14H12FNO3. The lowest BCUT2D eigenvalue weighted by Crippen LogP contribution is -2.11. The van der Waals surface area contributed by atoms with Crippen LogP contribution in [0, 0.1) is 5.82 Å². The van der Waals surface area contributed by atoms with Gasteiger partial charge in [-0.3, -0.25) is 0 Å². The topological polar surface area (TPSA) is 58.9 Å². The third-order valence-electron chi connectivity index (χ3n) is 2.72. The second kappa shape index (κ2) is 5.06. The molecule has 1 aliphatic rings. The Kier molecular flexibility index (Phi) is 3.46. The monoisotopic (exact) mass is 261 g/mol. The van der Waals surface area contributed by atoms with Crippen LogP contribution in [0.15, 0.2) is 46.3 Å². The molecule has 19 heavy (non-hydrogen) atoms. The Bertz CT molecular complexity index is 629. The van der Waals surface area contributed by atoms with Gasteiger partial charge >= 0.3 is 5.97 Å². The summed E-state index contributed by atoms with van der Waals surface area (Å²) >= 11 is 0. The molecule has 0 bridgehead atoms. The molecule has 0 fully saturated rings. The standard InChI is InChI=1S/C14H12FNO3/c1-8-12(14(18)19-2)13(17)11(16-8)7-9-5-3-4-6-10(9)15/h3-7,17H,1-2H3/b11-7+. The Morgan fingerprint density at radius 1 is 1.42 bits per heavy atom. The maximum absolute atomic E-state index is 13.5. The molecule has 0 saturated heterocycles. The van der Waals surface area contributed by atoms with Crippen LogP contribution in [0.3, 0.4) is 0 Å². The lowest BCUT2D eigenvalue weighted by atomic mass is 10.1. The van der Waals surface area contributed by atoms with Crippen molar-refractivity contribution in [3.05, 3.63) is 52.7 Å². The molecule has 5 heteroatoms. The first-order chi connectivity index (χ1) is 9.04. The third-order valence-corrected chi connectivity index (χ3v) is 2.72. The van der Waals surface area contributed by atoms with Crippen LogP contribution in [-0.2, 0) is 9.53 Å². The Hall–Kier alpha value is -2.43. The first-order valence-corrected chi connectivity index (χ1v) is 5.58. The summed E-state index contributed by atoms with van der Waals surface area (Å²) in [5.41, 5.74) is 0.770. The molecule has 0 unspecified atom stereocenters. The molecule has 0 aromatic heterocycles. The second-order valence-corrected chi connectivity index (χ2v) is 3.96. The number of aliphatic imine (C=N–C) groups is 1. The molecule has 1 N–H and O–H groups in total. The number of ether oxygens (including phenoxy) is 1. The largest absolute Gasteiger partial charge is 0.505 e. The number of aliphatic hydroxyl groups is 1. The summed E-state index contributed by atoms with van der Waals surface area (Å²) in [6.07, 6.45) is 1.38. The fraction of sp³-hybridized carbons (Fsp3) is 0.143. The Balaban J connectivity index is 2.47. The summed E-state index contributed by atoms with van der Waals surface area (Å²) in [6.45, 7) is 1.57. The Labute approximate surface area is 109 Å². The van der Waals surface area contributed by atoms with Crippen LogP contribution in [0.1, 0.15) is 12.5 Å². The molecule has 0 amide bonds. The highest BCUT2D eigenvalue weighted by molar-refractivity contribution is 6.21. The van der Waals surface area contributed by atoms with Crippen LogP contribution < -0.4 is 0 Å². The van der Waals surface area contributed by atoms with E-state index in [1.807, 2.05) is 0 Å². The fourth-order valence-electron chi connectivity index (χ4n) is 1.78. The van der Waals surface area contributed by atoms with E-state index >= 15 is 0 Å². The molecule has 1 aliphatic heterocycles. The predicted octanol–water partition coefficient (Wildman–Crippen LogP) is 2.63. The lowest BCUT2D eigenvalue weighted by Gasteiger charge is -2.01. The minimum atomic E-state index is -0.671. The summed E-state index contributed by atoms with van der Waals surface area (Å²) in [5.74, 6) is -1.40. The van der Waals surface area contributed by atoms with Gasteiger partial charge in [-0.05, 0) is 19.1 Å². The van der Waals surface area contributed by atoms with E-state index in [1.165, 1.54) is 19.3 Å². The quantitative estimate of drug-likeness (QED) is 0.832. The number of halogens is 1. The minimum absolute atomic E-state index is 0.00471. The van der Waals surface area contributed by atoms with Gasteiger partial charge in [0.1, 0.15) is 17.1 Å². The fourth-order valence-corrected chi connectivity index (χ4v) is 1.78. The number of rotatable bonds is 2. The number of methoxy groups -OCH3 is 1. The van der Waals surface area contributed by atoms with Crippen molar-refractivity contribution in [3.63, 3.8) is 0 Å². The number of carbonyl (C=O) groups excluding carboxylic acids is 1. The Morgan fingerprint density at radius 3 is 2.74 bits per heavy atom. The molecule has 0 saturated carbocycles. The number of nitrogens with zero attached hydrogens (tertiary/aromatic N) is 1. The molecule has 0 spiro atoms. The van der Waals surface area contributed by atoms with E-state index < -0.39 is 11.8 Å². The van der Waals surface area contributed by atoms with Crippen LogP contribution in [0.2, 0.25) is 0 Å². The molecule has 0 aliphatic carbocycles. The van der Waals surface area contributed by atoms with Gasteiger partial charge in [-0.15, -0.1) is 0 Å². The summed E-state index contributed by atoms with van der Waals surface area (Å²) in [6, 6.07) is 6.09. The van der Waals surface area contributed by atoms with Crippen molar-refractivity contribution < 1.29 is 19.0 Å². The number of hydrogen-bond acceptors (Lipinski definition) is 4. The van der Waals surface area contributed by atoms with E-state index in [2.05, 4.69) is 9.73 Å². The zero-order chi connectivity index (χ0) is 14.0. The summed E-state index contributed by atoms with van der Waals surface area (Å²) in [5, 5.41) is 9.95. The smallest absolute Gasteiger partial charge is 0.343 e. The van der Waals surface area contributed by atoms with Crippen molar-refractivity contribution in [1.82, 2.24) is 0 Å². The molecule has 0 atom stereocenters. The van der Waals surface area contributed by atoms with Crippen molar-refractivity contribution in [2.75, 3.05) is 7.11 Å². The van der Waals surface area contributed by atoms with Crippen LogP contribution >= 0.6 is 0 Å². The molecule has 2 rings (SSSR count). The Morgan fingerprint density at radius 2 is 2.11 bits per heavy atom. The van der Waals surface area contributed by atoms with Crippen LogP contribution in [0.25, 0.3) is 6.08 Å². The zero-order valence-corrected chi connectivity index (χ0v) is 10.5. The van der Waals surface area contributed by atoms with Gasteiger partial charge in [-0.25, -0.2) is 14.2 Å². The minimum Gasteiger partial charge on any atom is -0.505 e. The van der Waals surface area contributed by atoms with Crippen molar-refractivity contribution in [3.8, 4) is 0 Å². The molecule has 1 aromatic carbocycles. The van der Waals surface area contributed by atoms with Gasteiger partial charge < -0.3 is 9.84 Å². The average Bonchev–Trinajstić information content (AvgIpc) is 2.66. The average molecular weight is 261 g/mol. The van der Waals surface area contributed by atoms with E-state index in [0.717, 1.165) is 0 Å². The van der Waals surface area contributed by atoms with Crippen molar-refractivity contribution in [2.45, 2.75) is 6.92 Å². The number of hydrogen-bond donors (Lipinski definition) is 1. The van der Waals surface area contributed by atoms with E-state index in [9.17, 15) is 14.3 Å². The van der Waals surface area contributed by atoms with Crippen molar-refractivity contribution in [2.24, 2.45) is 4.99 Å². The van der Waals surface area contributed by atoms with Gasteiger partial charge in [-0.2, -0.15) is 0 Å².